The third-order valence-corrected chi connectivity index (χ3v) is 6.44. The number of carbonyl (C=O) groups is 2. The number of aromatic nitrogens is 1. The Balaban J connectivity index is 1.60. The molecule has 0 spiro atoms. The van der Waals surface area contributed by atoms with E-state index in [1.54, 1.807) is 23.5 Å². The summed E-state index contributed by atoms with van der Waals surface area (Å²) in [6.45, 7) is 3.60. The van der Waals surface area contributed by atoms with Crippen molar-refractivity contribution >= 4 is 46.1 Å². The smallest absolute Gasteiger partial charge is 0.263 e. The zero-order chi connectivity index (χ0) is 17.8. The van der Waals surface area contributed by atoms with Gasteiger partial charge in [0.05, 0.1) is 19.9 Å². The van der Waals surface area contributed by atoms with Gasteiger partial charge in [-0.1, -0.05) is 11.6 Å². The second-order valence-corrected chi connectivity index (χ2v) is 8.71. The molecule has 1 fully saturated rings. The quantitative estimate of drug-likeness (QED) is 0.839. The molecule has 1 N–H and O–H groups in total. The van der Waals surface area contributed by atoms with Crippen LogP contribution in [0, 0.1) is 0 Å². The molecule has 0 bridgehead atoms. The zero-order valence-electron chi connectivity index (χ0n) is 14.0. The van der Waals surface area contributed by atoms with Gasteiger partial charge in [0, 0.05) is 44.3 Å². The van der Waals surface area contributed by atoms with Crippen molar-refractivity contribution in [3.05, 3.63) is 37.4 Å². The maximum atomic E-state index is 12.6. The number of thiophene rings is 1. The molecule has 8 heteroatoms. The van der Waals surface area contributed by atoms with Gasteiger partial charge in [-0.2, -0.15) is 0 Å². The second-order valence-electron chi connectivity index (χ2n) is 6.10. The molecule has 5 nitrogen and oxygen atoms in total. The second kappa shape index (κ2) is 8.29. The topological polar surface area (TPSA) is 62.3 Å². The molecule has 0 aromatic carbocycles. The first-order valence-electron chi connectivity index (χ1n) is 8.26. The molecule has 1 atom stereocenters. The summed E-state index contributed by atoms with van der Waals surface area (Å²) in [5.74, 6) is 0.322. The van der Waals surface area contributed by atoms with Crippen molar-refractivity contribution in [1.82, 2.24) is 15.2 Å². The Morgan fingerprint density at radius 3 is 3.00 bits per heavy atom. The van der Waals surface area contributed by atoms with Gasteiger partial charge in [0.1, 0.15) is 0 Å². The number of hydrogen-bond acceptors (Lipinski definition) is 5. The number of amides is 2. The van der Waals surface area contributed by atoms with Crippen LogP contribution in [0.4, 0.5) is 0 Å². The lowest BCUT2D eigenvalue weighted by Crippen LogP contribution is -2.38. The summed E-state index contributed by atoms with van der Waals surface area (Å²) in [6, 6.07) is 3.56. The predicted octanol–water partition coefficient (Wildman–Crippen LogP) is 3.56. The van der Waals surface area contributed by atoms with Crippen LogP contribution >= 0.6 is 34.3 Å². The van der Waals surface area contributed by atoms with E-state index in [-0.39, 0.29) is 17.7 Å². The van der Waals surface area contributed by atoms with Crippen molar-refractivity contribution in [1.29, 1.82) is 0 Å². The summed E-state index contributed by atoms with van der Waals surface area (Å²) in [5.41, 5.74) is 1.00. The molecule has 3 rings (SSSR count). The number of carbonyl (C=O) groups excluding carboxylic acids is 2. The monoisotopic (exact) mass is 397 g/mol. The van der Waals surface area contributed by atoms with Crippen LogP contribution in [-0.4, -0.2) is 41.3 Å². The molecular weight excluding hydrogens is 378 g/mol. The molecule has 2 amide bonds. The van der Waals surface area contributed by atoms with Crippen molar-refractivity contribution in [2.24, 2.45) is 0 Å². The molecule has 25 heavy (non-hydrogen) atoms. The van der Waals surface area contributed by atoms with E-state index in [1.807, 2.05) is 4.90 Å². The molecule has 0 radical (unpaired) electrons. The highest BCUT2D eigenvalue weighted by Gasteiger charge is 2.27. The van der Waals surface area contributed by atoms with Crippen LogP contribution in [0.2, 0.25) is 4.34 Å². The van der Waals surface area contributed by atoms with E-state index in [1.165, 1.54) is 18.3 Å². The summed E-state index contributed by atoms with van der Waals surface area (Å²) in [7, 11) is 0. The Bertz CT molecular complexity index is 759. The first-order chi connectivity index (χ1) is 12.0. The SMILES string of the molecule is CC(=O)NCCc1csc(C2CCCN(C(=O)c3ccc(Cl)s3)C2)n1. The number of hydrogen-bond donors (Lipinski definition) is 1. The standard InChI is InChI=1S/C17H20ClN3O2S2/c1-11(22)19-7-6-13-10-24-16(20-13)12-3-2-8-21(9-12)17(23)14-4-5-15(18)25-14/h4-5,10,12H,2-3,6-9H2,1H3,(H,19,22). The fourth-order valence-electron chi connectivity index (χ4n) is 2.94. The summed E-state index contributed by atoms with van der Waals surface area (Å²) in [5, 5.41) is 5.92. The van der Waals surface area contributed by atoms with Crippen LogP contribution in [0.5, 0.6) is 0 Å². The van der Waals surface area contributed by atoms with Gasteiger partial charge in [-0.25, -0.2) is 4.98 Å². The number of piperidine rings is 1. The number of nitrogens with zero attached hydrogens (tertiary/aromatic N) is 2. The van der Waals surface area contributed by atoms with E-state index in [2.05, 4.69) is 10.7 Å². The number of thiazole rings is 1. The maximum Gasteiger partial charge on any atom is 0.263 e. The molecule has 1 unspecified atom stereocenters. The molecule has 1 aliphatic heterocycles. The third kappa shape index (κ3) is 4.80. The average Bonchev–Trinajstić information content (AvgIpc) is 3.23. The Hall–Kier alpha value is -1.44. The molecule has 2 aromatic heterocycles. The van der Waals surface area contributed by atoms with Crippen LogP contribution in [-0.2, 0) is 11.2 Å². The summed E-state index contributed by atoms with van der Waals surface area (Å²) >= 11 is 8.92. The van der Waals surface area contributed by atoms with Gasteiger partial charge in [-0.15, -0.1) is 22.7 Å². The highest BCUT2D eigenvalue weighted by molar-refractivity contribution is 7.18. The normalized spacial score (nSPS) is 17.5. The highest BCUT2D eigenvalue weighted by atomic mass is 35.5. The molecular formula is C17H20ClN3O2S2. The maximum absolute atomic E-state index is 12.6. The minimum atomic E-state index is -0.0226. The van der Waals surface area contributed by atoms with Crippen LogP contribution in [0.15, 0.2) is 17.5 Å². The Morgan fingerprint density at radius 2 is 2.28 bits per heavy atom. The fraction of sp³-hybridized carbons (Fsp3) is 0.471. The Morgan fingerprint density at radius 1 is 1.44 bits per heavy atom. The molecule has 1 aliphatic rings. The molecule has 0 saturated carbocycles. The van der Waals surface area contributed by atoms with Crippen molar-refractivity contribution < 1.29 is 9.59 Å². The van der Waals surface area contributed by atoms with Crippen LogP contribution in [0.1, 0.15) is 46.1 Å². The Kier molecular flexibility index (Phi) is 6.09. The van der Waals surface area contributed by atoms with E-state index in [9.17, 15) is 9.59 Å². The lowest BCUT2D eigenvalue weighted by atomic mass is 9.98. The Labute approximate surface area is 160 Å². The van der Waals surface area contributed by atoms with Crippen LogP contribution < -0.4 is 5.32 Å². The highest BCUT2D eigenvalue weighted by Crippen LogP contribution is 2.31. The molecule has 2 aromatic rings. The molecule has 0 aliphatic carbocycles. The minimum Gasteiger partial charge on any atom is -0.356 e. The average molecular weight is 398 g/mol. The van der Waals surface area contributed by atoms with E-state index >= 15 is 0 Å². The van der Waals surface area contributed by atoms with Gasteiger partial charge < -0.3 is 10.2 Å². The van der Waals surface area contributed by atoms with E-state index < -0.39 is 0 Å². The summed E-state index contributed by atoms with van der Waals surface area (Å²) in [4.78, 5) is 30.9. The van der Waals surface area contributed by atoms with Gasteiger partial charge in [0.2, 0.25) is 5.91 Å². The van der Waals surface area contributed by atoms with Crippen LogP contribution in [0.25, 0.3) is 0 Å². The van der Waals surface area contributed by atoms with Crippen molar-refractivity contribution in [2.45, 2.75) is 32.1 Å². The van der Waals surface area contributed by atoms with Gasteiger partial charge in [0.15, 0.2) is 0 Å². The predicted molar refractivity (Wildman–Crippen MR) is 102 cm³/mol. The summed E-state index contributed by atoms with van der Waals surface area (Å²) in [6.07, 6.45) is 2.77. The van der Waals surface area contributed by atoms with Gasteiger partial charge in [-0.05, 0) is 25.0 Å². The first-order valence-corrected chi connectivity index (χ1v) is 10.3. The van der Waals surface area contributed by atoms with E-state index in [4.69, 9.17) is 16.6 Å². The van der Waals surface area contributed by atoms with E-state index in [0.717, 1.165) is 36.5 Å². The number of likely N-dealkylation sites (tertiary alicyclic amines) is 1. The first kappa shape index (κ1) is 18.4. The number of nitrogens with one attached hydrogen (secondary N) is 1. The van der Waals surface area contributed by atoms with Gasteiger partial charge >= 0.3 is 0 Å². The number of rotatable bonds is 5. The third-order valence-electron chi connectivity index (χ3n) is 4.17. The lowest BCUT2D eigenvalue weighted by Gasteiger charge is -2.31. The van der Waals surface area contributed by atoms with Crippen molar-refractivity contribution in [3.63, 3.8) is 0 Å². The van der Waals surface area contributed by atoms with Gasteiger partial charge in [0.25, 0.3) is 5.91 Å². The molecule has 3 heterocycles. The van der Waals surface area contributed by atoms with Crippen molar-refractivity contribution in [3.8, 4) is 0 Å². The van der Waals surface area contributed by atoms with Crippen LogP contribution in [0.3, 0.4) is 0 Å². The fourth-order valence-corrected chi connectivity index (χ4v) is 4.93. The zero-order valence-corrected chi connectivity index (χ0v) is 16.3. The largest absolute Gasteiger partial charge is 0.356 e. The van der Waals surface area contributed by atoms with Crippen molar-refractivity contribution in [2.75, 3.05) is 19.6 Å². The van der Waals surface area contributed by atoms with Gasteiger partial charge in [-0.3, -0.25) is 9.59 Å². The van der Waals surface area contributed by atoms with E-state index in [0.29, 0.717) is 22.3 Å². The number of halogens is 1. The molecule has 134 valence electrons. The minimum absolute atomic E-state index is 0.0226. The summed E-state index contributed by atoms with van der Waals surface area (Å²) < 4.78 is 0.639. The molecule has 1 saturated heterocycles. The lowest BCUT2D eigenvalue weighted by molar-refractivity contribution is -0.118.